The molecule has 1 aromatic heterocycles. The molecule has 0 saturated carbocycles. The van der Waals surface area contributed by atoms with Crippen LogP contribution < -0.4 is 4.74 Å². The van der Waals surface area contributed by atoms with Crippen molar-refractivity contribution in [3.8, 4) is 5.75 Å². The third-order valence-corrected chi connectivity index (χ3v) is 5.32. The Balaban J connectivity index is 2.51. The number of hydrogen-bond acceptors (Lipinski definition) is 3. The molecule has 0 aliphatic carbocycles. The van der Waals surface area contributed by atoms with Crippen LogP contribution in [0.25, 0.3) is 0 Å². The molecule has 0 amide bonds. The molecule has 0 saturated heterocycles. The zero-order valence-corrected chi connectivity index (χ0v) is 13.9. The molecule has 0 fully saturated rings. The quantitative estimate of drug-likeness (QED) is 0.889. The summed E-state index contributed by atoms with van der Waals surface area (Å²) >= 11 is 5.06. The van der Waals surface area contributed by atoms with Crippen LogP contribution in [-0.4, -0.2) is 12.2 Å². The summed E-state index contributed by atoms with van der Waals surface area (Å²) in [5, 5.41) is 10.6. The standard InChI is InChI=1S/C15H17BrO2S/c1-8-5-9(2)13(11(6-8)18-4)14(17)12-7-10(3)15(16)19-12/h5-7,14,17H,1-4H3. The predicted octanol–water partition coefficient (Wildman–Crippen LogP) is 4.53. The van der Waals surface area contributed by atoms with Gasteiger partial charge in [-0.15, -0.1) is 11.3 Å². The second kappa shape index (κ2) is 5.65. The van der Waals surface area contributed by atoms with Gasteiger partial charge in [-0.05, 0) is 65.5 Å². The Morgan fingerprint density at radius 3 is 2.37 bits per heavy atom. The highest BCUT2D eigenvalue weighted by Gasteiger charge is 2.20. The smallest absolute Gasteiger partial charge is 0.125 e. The summed E-state index contributed by atoms with van der Waals surface area (Å²) in [6, 6.07) is 6.04. The maximum atomic E-state index is 10.6. The molecule has 19 heavy (non-hydrogen) atoms. The number of aliphatic hydroxyl groups is 1. The Morgan fingerprint density at radius 2 is 1.84 bits per heavy atom. The molecule has 1 aromatic carbocycles. The van der Waals surface area contributed by atoms with Crippen LogP contribution in [0.3, 0.4) is 0 Å². The summed E-state index contributed by atoms with van der Waals surface area (Å²) in [6.45, 7) is 6.05. The Hall–Kier alpha value is -0.840. The van der Waals surface area contributed by atoms with Gasteiger partial charge in [0.2, 0.25) is 0 Å². The van der Waals surface area contributed by atoms with Gasteiger partial charge in [0.05, 0.1) is 10.9 Å². The number of aryl methyl sites for hydroxylation is 3. The van der Waals surface area contributed by atoms with E-state index < -0.39 is 6.10 Å². The molecule has 4 heteroatoms. The molecule has 2 rings (SSSR count). The van der Waals surface area contributed by atoms with Crippen molar-refractivity contribution >= 4 is 27.3 Å². The number of rotatable bonds is 3. The molecule has 1 N–H and O–H groups in total. The number of ether oxygens (including phenoxy) is 1. The van der Waals surface area contributed by atoms with E-state index in [4.69, 9.17) is 4.74 Å². The summed E-state index contributed by atoms with van der Waals surface area (Å²) in [4.78, 5) is 0.926. The van der Waals surface area contributed by atoms with Gasteiger partial charge in [0, 0.05) is 10.4 Å². The van der Waals surface area contributed by atoms with Crippen LogP contribution in [0.2, 0.25) is 0 Å². The number of hydrogen-bond donors (Lipinski definition) is 1. The fraction of sp³-hybridized carbons (Fsp3) is 0.333. The van der Waals surface area contributed by atoms with Crippen LogP contribution in [0.1, 0.15) is 33.2 Å². The number of halogens is 1. The maximum absolute atomic E-state index is 10.6. The lowest BCUT2D eigenvalue weighted by Gasteiger charge is -2.17. The van der Waals surface area contributed by atoms with E-state index in [1.54, 1.807) is 18.4 Å². The van der Waals surface area contributed by atoms with Crippen molar-refractivity contribution in [3.05, 3.63) is 49.1 Å². The number of thiophene rings is 1. The minimum Gasteiger partial charge on any atom is -0.496 e. The lowest BCUT2D eigenvalue weighted by Crippen LogP contribution is -2.04. The van der Waals surface area contributed by atoms with E-state index >= 15 is 0 Å². The molecule has 0 radical (unpaired) electrons. The van der Waals surface area contributed by atoms with E-state index in [1.807, 2.05) is 32.9 Å². The topological polar surface area (TPSA) is 29.5 Å². The zero-order valence-electron chi connectivity index (χ0n) is 11.5. The first-order valence-corrected chi connectivity index (χ1v) is 7.64. The van der Waals surface area contributed by atoms with Gasteiger partial charge in [0.15, 0.2) is 0 Å². The largest absolute Gasteiger partial charge is 0.496 e. The SMILES string of the molecule is COc1cc(C)cc(C)c1C(O)c1cc(C)c(Br)s1. The number of benzene rings is 1. The van der Waals surface area contributed by atoms with Crippen LogP contribution in [0.4, 0.5) is 0 Å². The van der Waals surface area contributed by atoms with E-state index in [0.29, 0.717) is 0 Å². The van der Waals surface area contributed by atoms with Crippen molar-refractivity contribution in [2.24, 2.45) is 0 Å². The molecule has 102 valence electrons. The molecule has 0 aliphatic heterocycles. The van der Waals surface area contributed by atoms with E-state index in [0.717, 1.165) is 36.7 Å². The van der Waals surface area contributed by atoms with Crippen molar-refractivity contribution in [2.75, 3.05) is 7.11 Å². The van der Waals surface area contributed by atoms with Crippen molar-refractivity contribution in [1.82, 2.24) is 0 Å². The van der Waals surface area contributed by atoms with Gasteiger partial charge in [-0.2, -0.15) is 0 Å². The second-order valence-corrected chi connectivity index (χ2v) is 7.11. The average Bonchev–Trinajstić information content (AvgIpc) is 2.68. The molecule has 0 spiro atoms. The first-order valence-electron chi connectivity index (χ1n) is 6.03. The van der Waals surface area contributed by atoms with Crippen LogP contribution >= 0.6 is 27.3 Å². The third kappa shape index (κ3) is 2.86. The molecule has 0 bridgehead atoms. The summed E-state index contributed by atoms with van der Waals surface area (Å²) in [5.41, 5.74) is 4.17. The fourth-order valence-corrected chi connectivity index (χ4v) is 3.79. The summed E-state index contributed by atoms with van der Waals surface area (Å²) in [7, 11) is 1.64. The fourth-order valence-electron chi connectivity index (χ4n) is 2.22. The van der Waals surface area contributed by atoms with Crippen LogP contribution in [0.5, 0.6) is 5.75 Å². The van der Waals surface area contributed by atoms with Gasteiger partial charge < -0.3 is 9.84 Å². The van der Waals surface area contributed by atoms with E-state index in [-0.39, 0.29) is 0 Å². The zero-order chi connectivity index (χ0) is 14.2. The average molecular weight is 341 g/mol. The molecule has 2 nitrogen and oxygen atoms in total. The van der Waals surface area contributed by atoms with Crippen LogP contribution in [0.15, 0.2) is 22.0 Å². The van der Waals surface area contributed by atoms with E-state index in [1.165, 1.54) is 0 Å². The Labute approximate surface area is 126 Å². The van der Waals surface area contributed by atoms with Gasteiger partial charge >= 0.3 is 0 Å². The minimum absolute atomic E-state index is 0.648. The minimum atomic E-state index is -0.648. The van der Waals surface area contributed by atoms with Gasteiger partial charge in [0.1, 0.15) is 11.9 Å². The maximum Gasteiger partial charge on any atom is 0.125 e. The van der Waals surface area contributed by atoms with Crippen LogP contribution in [0, 0.1) is 20.8 Å². The number of aliphatic hydroxyl groups excluding tert-OH is 1. The molecule has 2 aromatic rings. The van der Waals surface area contributed by atoms with Crippen molar-refractivity contribution < 1.29 is 9.84 Å². The third-order valence-electron chi connectivity index (χ3n) is 3.13. The lowest BCUT2D eigenvalue weighted by molar-refractivity contribution is 0.217. The predicted molar refractivity (Wildman–Crippen MR) is 83.3 cm³/mol. The Kier molecular flexibility index (Phi) is 4.33. The molecule has 1 heterocycles. The monoisotopic (exact) mass is 340 g/mol. The molecule has 1 unspecified atom stereocenters. The molecule has 1 atom stereocenters. The highest BCUT2D eigenvalue weighted by atomic mass is 79.9. The highest BCUT2D eigenvalue weighted by Crippen LogP contribution is 2.39. The molecule has 0 aliphatic rings. The van der Waals surface area contributed by atoms with Crippen LogP contribution in [-0.2, 0) is 0 Å². The van der Waals surface area contributed by atoms with Crippen molar-refractivity contribution in [3.63, 3.8) is 0 Å². The Bertz CT molecular complexity index is 585. The van der Waals surface area contributed by atoms with E-state index in [9.17, 15) is 5.11 Å². The first-order chi connectivity index (χ1) is 8.93. The van der Waals surface area contributed by atoms with E-state index in [2.05, 4.69) is 22.0 Å². The normalized spacial score (nSPS) is 12.5. The summed E-state index contributed by atoms with van der Waals surface area (Å²) in [5.74, 6) is 0.743. The van der Waals surface area contributed by atoms with Gasteiger partial charge in [-0.25, -0.2) is 0 Å². The molecular formula is C15H17BrO2S. The summed E-state index contributed by atoms with van der Waals surface area (Å²) in [6.07, 6.45) is -0.648. The molecular weight excluding hydrogens is 324 g/mol. The van der Waals surface area contributed by atoms with Gasteiger partial charge in [-0.1, -0.05) is 6.07 Å². The van der Waals surface area contributed by atoms with Crippen molar-refractivity contribution in [2.45, 2.75) is 26.9 Å². The van der Waals surface area contributed by atoms with Gasteiger partial charge in [-0.3, -0.25) is 0 Å². The lowest BCUT2D eigenvalue weighted by atomic mass is 9.98. The number of methoxy groups -OCH3 is 1. The highest BCUT2D eigenvalue weighted by molar-refractivity contribution is 9.11. The Morgan fingerprint density at radius 1 is 1.16 bits per heavy atom. The van der Waals surface area contributed by atoms with Crippen molar-refractivity contribution in [1.29, 1.82) is 0 Å². The van der Waals surface area contributed by atoms with Gasteiger partial charge in [0.25, 0.3) is 0 Å². The first kappa shape index (κ1) is 14.6. The summed E-state index contributed by atoms with van der Waals surface area (Å²) < 4.78 is 6.48. The second-order valence-electron chi connectivity index (χ2n) is 4.71.